The van der Waals surface area contributed by atoms with Crippen LogP contribution < -0.4 is 3.58 Å². The van der Waals surface area contributed by atoms with Crippen LogP contribution in [-0.2, 0) is 24.8 Å². The molecule has 0 unspecified atom stereocenters. The van der Waals surface area contributed by atoms with Gasteiger partial charge in [-0.05, 0) is 0 Å². The second-order valence-corrected chi connectivity index (χ2v) is 23.6. The van der Waals surface area contributed by atoms with Gasteiger partial charge in [-0.25, -0.2) is 0 Å². The molecule has 0 spiro atoms. The van der Waals surface area contributed by atoms with Gasteiger partial charge < -0.3 is 0 Å². The molecule has 0 radical (unpaired) electrons. The first-order valence-corrected chi connectivity index (χ1v) is 20.4. The summed E-state index contributed by atoms with van der Waals surface area (Å²) < 4.78 is 27.9. The molecule has 29 heavy (non-hydrogen) atoms. The number of hydrogen-bond donors (Lipinski definition) is 0. The minimum atomic E-state index is -3.30. The third-order valence-electron chi connectivity index (χ3n) is 5.89. The van der Waals surface area contributed by atoms with Crippen LogP contribution in [0, 0.1) is 0 Å². The van der Waals surface area contributed by atoms with Gasteiger partial charge in [0.15, 0.2) is 0 Å². The van der Waals surface area contributed by atoms with E-state index in [1.54, 1.807) is 3.58 Å². The van der Waals surface area contributed by atoms with Gasteiger partial charge in [-0.2, -0.15) is 0 Å². The fourth-order valence-corrected chi connectivity index (χ4v) is 21.1. The van der Waals surface area contributed by atoms with E-state index < -0.39 is 26.0 Å². The third-order valence-corrected chi connectivity index (χ3v) is 23.4. The van der Waals surface area contributed by atoms with Gasteiger partial charge in [0.25, 0.3) is 0 Å². The molecule has 0 amide bonds. The number of carbonyl (C=O) groups is 1. The van der Waals surface area contributed by atoms with E-state index in [9.17, 15) is 9.36 Å². The number of benzene rings is 1. The molecule has 0 bridgehead atoms. The summed E-state index contributed by atoms with van der Waals surface area (Å²) in [4.78, 5) is 12.5. The van der Waals surface area contributed by atoms with Crippen molar-refractivity contribution in [2.24, 2.45) is 0 Å². The van der Waals surface area contributed by atoms with Gasteiger partial charge in [0.1, 0.15) is 0 Å². The van der Waals surface area contributed by atoms with Crippen molar-refractivity contribution in [2.45, 2.75) is 79.0 Å². The number of Topliss-reactive ketones (excluding diaryl/α,β-unsaturated/α-hetero) is 1. The van der Waals surface area contributed by atoms with E-state index >= 15 is 0 Å². The molecule has 1 aromatic rings. The molecule has 0 aliphatic heterocycles. The zero-order valence-electron chi connectivity index (χ0n) is 19.2. The average Bonchev–Trinajstić information content (AvgIpc) is 2.73. The van der Waals surface area contributed by atoms with Crippen LogP contribution in [0.2, 0.25) is 13.3 Å². The summed E-state index contributed by atoms with van der Waals surface area (Å²) in [5, 5.41) is 0. The van der Waals surface area contributed by atoms with Crippen LogP contribution in [0.1, 0.15) is 64.9 Å². The van der Waals surface area contributed by atoms with Crippen molar-refractivity contribution in [1.29, 1.82) is 0 Å². The molecule has 0 heterocycles. The Balaban J connectivity index is 3.11. The quantitative estimate of drug-likeness (QED) is 0.185. The predicted molar refractivity (Wildman–Crippen MR) is 126 cm³/mol. The standard InChI is InChI=1S/C11H14O4P.3C4H9.Sn/c1-14-16(13,15-2)9-11(12)8-10-6-4-3-5-7-10;3*1-3-4-2;/h3-4,6-7H,8-9H2,1-2H3;3*1,3-4H2,2H3;. The van der Waals surface area contributed by atoms with Gasteiger partial charge in [-0.3, -0.25) is 0 Å². The van der Waals surface area contributed by atoms with Crippen molar-refractivity contribution in [3.63, 3.8) is 0 Å². The summed E-state index contributed by atoms with van der Waals surface area (Å²) in [5.41, 5.74) is 1.04. The Morgan fingerprint density at radius 3 is 1.90 bits per heavy atom. The second-order valence-electron chi connectivity index (χ2n) is 8.14. The van der Waals surface area contributed by atoms with Crippen LogP contribution in [-0.4, -0.2) is 44.5 Å². The van der Waals surface area contributed by atoms with Crippen LogP contribution in [0.4, 0.5) is 0 Å². The monoisotopic (exact) mass is 532 g/mol. The van der Waals surface area contributed by atoms with E-state index in [-0.39, 0.29) is 11.9 Å². The van der Waals surface area contributed by atoms with Gasteiger partial charge in [-0.1, -0.05) is 0 Å². The molecule has 1 rings (SSSR count). The summed E-state index contributed by atoms with van der Waals surface area (Å²) in [6.45, 7) is 6.86. The SMILES string of the molecule is CCC[CH2][Sn]([CH2]CCC)([CH2]CCC)[c]1cccc(CC(=O)CP(=O)(OC)OC)c1. The molecule has 166 valence electrons. The van der Waals surface area contributed by atoms with Crippen molar-refractivity contribution < 1.29 is 18.4 Å². The van der Waals surface area contributed by atoms with E-state index in [2.05, 4.69) is 39.0 Å². The first-order chi connectivity index (χ1) is 13.9. The Kier molecular flexibility index (Phi) is 13.0. The third kappa shape index (κ3) is 8.85. The number of carbonyl (C=O) groups excluding carboxylic acids is 1. The van der Waals surface area contributed by atoms with Crippen LogP contribution in [0.25, 0.3) is 0 Å². The minimum absolute atomic E-state index is 0.0920. The van der Waals surface area contributed by atoms with Crippen LogP contribution in [0.15, 0.2) is 24.3 Å². The van der Waals surface area contributed by atoms with E-state index in [1.165, 1.54) is 66.1 Å². The zero-order valence-corrected chi connectivity index (χ0v) is 22.9. The van der Waals surface area contributed by atoms with E-state index in [0.29, 0.717) is 6.42 Å². The molecule has 0 aliphatic carbocycles. The van der Waals surface area contributed by atoms with Crippen LogP contribution in [0.3, 0.4) is 0 Å². The molecule has 0 saturated carbocycles. The summed E-state index contributed by atoms with van der Waals surface area (Å²) in [6, 6.07) is 8.79. The van der Waals surface area contributed by atoms with Crippen molar-refractivity contribution in [3.05, 3.63) is 29.8 Å². The Morgan fingerprint density at radius 1 is 0.931 bits per heavy atom. The molecule has 0 fully saturated rings. The molecule has 0 aromatic heterocycles. The van der Waals surface area contributed by atoms with Gasteiger partial charge in [-0.15, -0.1) is 0 Å². The second kappa shape index (κ2) is 14.0. The van der Waals surface area contributed by atoms with Crippen LogP contribution >= 0.6 is 7.60 Å². The first-order valence-electron chi connectivity index (χ1n) is 11.2. The summed E-state index contributed by atoms with van der Waals surface area (Å²) >= 11 is -2.51. The molecule has 6 heteroatoms. The fraction of sp³-hybridized carbons (Fsp3) is 0.696. The number of unbranched alkanes of at least 4 members (excludes halogenated alkanes) is 3. The molecule has 0 aliphatic rings. The van der Waals surface area contributed by atoms with Crippen molar-refractivity contribution in [2.75, 3.05) is 20.4 Å². The van der Waals surface area contributed by atoms with Gasteiger partial charge in [0.2, 0.25) is 0 Å². The Bertz CT molecular complexity index is 632. The predicted octanol–water partition coefficient (Wildman–Crippen LogP) is 6.34. The number of rotatable bonds is 16. The summed E-state index contributed by atoms with van der Waals surface area (Å²) in [6.07, 6.45) is 7.82. The molecular weight excluding hydrogens is 490 g/mol. The van der Waals surface area contributed by atoms with Gasteiger partial charge in [0, 0.05) is 0 Å². The maximum atomic E-state index is 12.5. The van der Waals surface area contributed by atoms with Gasteiger partial charge in [0.05, 0.1) is 0 Å². The summed E-state index contributed by atoms with van der Waals surface area (Å²) in [7, 11) is -0.640. The van der Waals surface area contributed by atoms with E-state index in [0.717, 1.165) is 5.56 Å². The Morgan fingerprint density at radius 2 is 1.45 bits per heavy atom. The average molecular weight is 531 g/mol. The molecule has 0 atom stereocenters. The van der Waals surface area contributed by atoms with Crippen molar-refractivity contribution in [1.82, 2.24) is 0 Å². The molecular formula is C23H41O4PSn. The Labute approximate surface area is 182 Å². The van der Waals surface area contributed by atoms with E-state index in [4.69, 9.17) is 9.05 Å². The van der Waals surface area contributed by atoms with Crippen molar-refractivity contribution in [3.8, 4) is 0 Å². The van der Waals surface area contributed by atoms with E-state index in [1.807, 2.05) is 6.07 Å². The first kappa shape index (κ1) is 26.9. The zero-order chi connectivity index (χ0) is 21.8. The Hall–Kier alpha value is -0.161. The normalized spacial score (nSPS) is 12.3. The van der Waals surface area contributed by atoms with Crippen molar-refractivity contribution >= 4 is 35.3 Å². The van der Waals surface area contributed by atoms with Gasteiger partial charge >= 0.3 is 183 Å². The fourth-order valence-electron chi connectivity index (χ4n) is 4.07. The number of ketones is 1. The number of hydrogen-bond acceptors (Lipinski definition) is 4. The molecule has 0 saturated heterocycles. The topological polar surface area (TPSA) is 52.6 Å². The molecule has 0 N–H and O–H groups in total. The molecule has 4 nitrogen and oxygen atoms in total. The summed E-state index contributed by atoms with van der Waals surface area (Å²) in [5.74, 6) is -0.0920. The molecule has 1 aromatic carbocycles. The van der Waals surface area contributed by atoms with Crippen LogP contribution in [0.5, 0.6) is 0 Å². The maximum absolute atomic E-state index is 12.5.